The second-order valence-electron chi connectivity index (χ2n) is 3.01. The van der Waals surface area contributed by atoms with Gasteiger partial charge in [0.1, 0.15) is 0 Å². The highest BCUT2D eigenvalue weighted by molar-refractivity contribution is 9.05. The van der Waals surface area contributed by atoms with Gasteiger partial charge in [-0.05, 0) is 23.1 Å². The van der Waals surface area contributed by atoms with Crippen molar-refractivity contribution in [1.29, 1.82) is 0 Å². The van der Waals surface area contributed by atoms with E-state index in [2.05, 4.69) is 0 Å². The first kappa shape index (κ1) is 15.8. The lowest BCUT2D eigenvalue weighted by Crippen LogP contribution is -2.07. The minimum Gasteiger partial charge on any atom is -0.478 e. The SMILES string of the molecule is O=C(O)c1cc(C(=O)O)cc(S(=S)(=S)[S-](=S)=S)c1. The van der Waals surface area contributed by atoms with Crippen LogP contribution in [0.15, 0.2) is 23.1 Å². The molecule has 4 nitrogen and oxygen atoms in total. The lowest BCUT2D eigenvalue weighted by molar-refractivity contribution is 0.0696. The summed E-state index contributed by atoms with van der Waals surface area (Å²) in [6.45, 7) is 0. The maximum Gasteiger partial charge on any atom is 0.335 e. The number of hydrogen-bond acceptors (Lipinski definition) is 7. The van der Waals surface area contributed by atoms with Crippen LogP contribution in [0.2, 0.25) is 0 Å². The minimum absolute atomic E-state index is 0.188. The summed E-state index contributed by atoms with van der Waals surface area (Å²) in [5, 5.41) is 17.8. The van der Waals surface area contributed by atoms with Crippen molar-refractivity contribution in [2.45, 2.75) is 4.90 Å². The molecule has 0 unspecified atom stereocenters. The smallest absolute Gasteiger partial charge is 0.335 e. The summed E-state index contributed by atoms with van der Waals surface area (Å²) in [7, 11) is -1.13. The van der Waals surface area contributed by atoms with E-state index in [-0.39, 0.29) is 16.0 Å². The first-order valence-corrected chi connectivity index (χ1v) is 11.2. The molecule has 0 saturated heterocycles. The van der Waals surface area contributed by atoms with Crippen molar-refractivity contribution in [1.82, 2.24) is 0 Å². The molecule has 0 aliphatic rings. The zero-order valence-corrected chi connectivity index (χ0v) is 13.3. The zero-order chi connectivity index (χ0) is 14.1. The molecule has 2 N–H and O–H groups in total. The number of carbonyl (C=O) groups is 2. The van der Waals surface area contributed by atoms with Crippen LogP contribution in [0.3, 0.4) is 0 Å². The summed E-state index contributed by atoms with van der Waals surface area (Å²) in [6.07, 6.45) is -2.39. The number of carboxylic acids is 2. The van der Waals surface area contributed by atoms with E-state index >= 15 is 0 Å². The normalized spacial score (nSPS) is 11.4. The van der Waals surface area contributed by atoms with Gasteiger partial charge in [-0.3, -0.25) is 7.05 Å². The predicted molar refractivity (Wildman–Crippen MR) is 82.8 cm³/mol. The molecule has 1 aromatic rings. The molecule has 0 radical (unpaired) electrons. The summed E-state index contributed by atoms with van der Waals surface area (Å²) in [5.41, 5.74) is -0.376. The van der Waals surface area contributed by atoms with Gasteiger partial charge < -0.3 is 10.2 Å². The molecule has 0 heterocycles. The van der Waals surface area contributed by atoms with Crippen LogP contribution in [-0.2, 0) is 58.0 Å². The lowest BCUT2D eigenvalue weighted by atomic mass is 10.1. The average Bonchev–Trinajstić information content (AvgIpc) is 2.27. The van der Waals surface area contributed by atoms with Crippen LogP contribution in [0, 0.1) is 0 Å². The second kappa shape index (κ2) is 5.80. The Hall–Kier alpha value is -0.260. The first-order chi connectivity index (χ1) is 8.16. The van der Waals surface area contributed by atoms with Crippen LogP contribution in [0.1, 0.15) is 20.7 Å². The molecule has 0 spiro atoms. The number of carboxylic acid groups (broad SMARTS) is 2. The Balaban J connectivity index is 3.66. The molecule has 0 saturated carbocycles. The lowest BCUT2D eigenvalue weighted by Gasteiger charge is -2.16. The number of aromatic carboxylic acids is 2. The first-order valence-electron chi connectivity index (χ1n) is 4.12. The Morgan fingerprint density at radius 1 is 1.00 bits per heavy atom. The fraction of sp³-hybridized carbons (Fsp3) is 0. The second-order valence-corrected chi connectivity index (χ2v) is 16.1. The van der Waals surface area contributed by atoms with Gasteiger partial charge in [0.25, 0.3) is 0 Å². The molecule has 0 aliphatic heterocycles. The van der Waals surface area contributed by atoms with Gasteiger partial charge in [-0.2, -0.15) is 0 Å². The Morgan fingerprint density at radius 2 is 1.39 bits per heavy atom. The van der Waals surface area contributed by atoms with E-state index in [4.69, 9.17) is 55.0 Å². The highest BCUT2D eigenvalue weighted by Crippen LogP contribution is 2.18. The third-order valence-electron chi connectivity index (χ3n) is 1.87. The minimum atomic E-state index is -2.39. The van der Waals surface area contributed by atoms with Crippen molar-refractivity contribution in [2.75, 3.05) is 0 Å². The van der Waals surface area contributed by atoms with Crippen LogP contribution in [-0.4, -0.2) is 22.2 Å². The fourth-order valence-electron chi connectivity index (χ4n) is 1.07. The van der Waals surface area contributed by atoms with Crippen LogP contribution in [0.4, 0.5) is 0 Å². The van der Waals surface area contributed by atoms with Gasteiger partial charge in [-0.1, -0.05) is 22.4 Å². The van der Waals surface area contributed by atoms with E-state index in [1.165, 1.54) is 12.1 Å². The predicted octanol–water partition coefficient (Wildman–Crippen LogP) is 0.977. The van der Waals surface area contributed by atoms with Gasteiger partial charge in [-0.15, -0.1) is 6.18 Å². The molecule has 0 atom stereocenters. The summed E-state index contributed by atoms with van der Waals surface area (Å²) in [6, 6.07) is 3.55. The third-order valence-corrected chi connectivity index (χ3v) is 15.1. The largest absolute Gasteiger partial charge is 0.478 e. The van der Waals surface area contributed by atoms with Crippen LogP contribution in [0.5, 0.6) is 0 Å². The van der Waals surface area contributed by atoms with Crippen molar-refractivity contribution in [3.8, 4) is 0 Å². The molecule has 98 valence electrons. The molecular formula is C8H5O4S6-. The molecule has 0 fully saturated rings. The van der Waals surface area contributed by atoms with Gasteiger partial charge in [0, 0.05) is 0 Å². The number of rotatable bonds is 4. The molecule has 10 heteroatoms. The van der Waals surface area contributed by atoms with E-state index in [0.29, 0.717) is 0 Å². The Bertz CT molecular complexity index is 660. The molecule has 0 amide bonds. The van der Waals surface area contributed by atoms with Crippen molar-refractivity contribution in [3.63, 3.8) is 0 Å². The van der Waals surface area contributed by atoms with Gasteiger partial charge in [0.15, 0.2) is 0 Å². The van der Waals surface area contributed by atoms with Crippen molar-refractivity contribution >= 4 is 69.9 Å². The van der Waals surface area contributed by atoms with E-state index < -0.39 is 25.2 Å². The van der Waals surface area contributed by atoms with E-state index in [9.17, 15) is 9.59 Å². The Labute approximate surface area is 123 Å². The molecule has 0 aromatic heterocycles. The van der Waals surface area contributed by atoms with Crippen molar-refractivity contribution in [2.24, 2.45) is 0 Å². The quantitative estimate of drug-likeness (QED) is 0.610. The average molecular weight is 358 g/mol. The van der Waals surface area contributed by atoms with Gasteiger partial charge >= 0.3 is 11.9 Å². The summed E-state index contributed by atoms with van der Waals surface area (Å²) >= 11 is 20.1. The number of hydrogen-bond donors (Lipinski definition) is 2. The Morgan fingerprint density at radius 3 is 1.67 bits per heavy atom. The summed E-state index contributed by atoms with van der Waals surface area (Å²) < 4.78 is 0. The molecule has 18 heavy (non-hydrogen) atoms. The van der Waals surface area contributed by atoms with Crippen molar-refractivity contribution < 1.29 is 19.8 Å². The highest BCUT2D eigenvalue weighted by Gasteiger charge is 2.12. The van der Waals surface area contributed by atoms with Crippen LogP contribution in [0.25, 0.3) is 0 Å². The highest BCUT2D eigenvalue weighted by atomic mass is 33.7. The molecule has 1 aromatic carbocycles. The van der Waals surface area contributed by atoms with Crippen LogP contribution >= 0.6 is 0 Å². The van der Waals surface area contributed by atoms with Crippen molar-refractivity contribution in [3.05, 3.63) is 29.3 Å². The molecular weight excluding hydrogens is 352 g/mol. The Kier molecular flexibility index (Phi) is 5.09. The standard InChI is InChI=1S/C8H5O4S6/c9-7(10)4-1-5(8(11)12)3-6(2-4)18(15,16)17(13)14/h1-3H,(H,9,10)(H,11,12)/q-1. The fourth-order valence-corrected chi connectivity index (χ4v) is 4.52. The molecule has 1 rings (SSSR count). The topological polar surface area (TPSA) is 74.6 Å². The monoisotopic (exact) mass is 357 g/mol. The van der Waals surface area contributed by atoms with Gasteiger partial charge in [0.2, 0.25) is 0 Å². The van der Waals surface area contributed by atoms with E-state index in [0.717, 1.165) is 6.07 Å². The van der Waals surface area contributed by atoms with Crippen LogP contribution < -0.4 is 0 Å². The summed E-state index contributed by atoms with van der Waals surface area (Å²) in [5.74, 6) is -2.51. The zero-order valence-electron chi connectivity index (χ0n) is 8.39. The van der Waals surface area contributed by atoms with E-state index in [1.54, 1.807) is 0 Å². The van der Waals surface area contributed by atoms with Gasteiger partial charge in [0.05, 0.1) is 11.1 Å². The molecule has 0 bridgehead atoms. The number of benzene rings is 1. The van der Waals surface area contributed by atoms with Gasteiger partial charge in [-0.25, -0.2) is 32.0 Å². The van der Waals surface area contributed by atoms with E-state index in [1.807, 2.05) is 0 Å². The molecule has 0 aliphatic carbocycles. The summed E-state index contributed by atoms with van der Waals surface area (Å²) in [4.78, 5) is 22.1. The maximum absolute atomic E-state index is 10.9. The third kappa shape index (κ3) is 3.39. The maximum atomic E-state index is 10.9.